The van der Waals surface area contributed by atoms with Gasteiger partial charge in [-0.1, -0.05) is 150 Å². The maximum absolute atomic E-state index is 12.2. The fourth-order valence-corrected chi connectivity index (χ4v) is 4.89. The van der Waals surface area contributed by atoms with Gasteiger partial charge in [-0.2, -0.15) is 0 Å². The number of ether oxygens (including phenoxy) is 2. The molecule has 0 amide bonds. The highest BCUT2D eigenvalue weighted by Crippen LogP contribution is 2.09. The van der Waals surface area contributed by atoms with Crippen LogP contribution in [0.4, 0.5) is 0 Å². The Morgan fingerprint density at radius 1 is 0.480 bits per heavy atom. The fraction of sp³-hybridized carbons (Fsp3) is 0.600. The van der Waals surface area contributed by atoms with E-state index in [0.29, 0.717) is 19.3 Å². The molecule has 0 heterocycles. The zero-order valence-electron chi connectivity index (χ0n) is 31.9. The highest BCUT2D eigenvalue weighted by molar-refractivity contribution is 5.70. The van der Waals surface area contributed by atoms with Crippen molar-refractivity contribution >= 4 is 11.9 Å². The topological polar surface area (TPSA) is 72.8 Å². The number of esters is 2. The van der Waals surface area contributed by atoms with Crippen LogP contribution in [0.15, 0.2) is 97.2 Å². The molecule has 0 radical (unpaired) electrons. The second-order valence-corrected chi connectivity index (χ2v) is 12.6. The third-order valence-corrected chi connectivity index (χ3v) is 7.86. The molecule has 0 spiro atoms. The van der Waals surface area contributed by atoms with Crippen LogP contribution in [0.5, 0.6) is 0 Å². The van der Waals surface area contributed by atoms with E-state index in [1.54, 1.807) is 0 Å². The lowest BCUT2D eigenvalue weighted by Gasteiger charge is -2.15. The highest BCUT2D eigenvalue weighted by Gasteiger charge is 2.15. The fourth-order valence-electron chi connectivity index (χ4n) is 4.89. The highest BCUT2D eigenvalue weighted by atomic mass is 16.6. The van der Waals surface area contributed by atoms with E-state index in [9.17, 15) is 14.7 Å². The van der Waals surface area contributed by atoms with Gasteiger partial charge in [-0.3, -0.25) is 9.59 Å². The second kappa shape index (κ2) is 40.3. The Balaban J connectivity index is 3.75. The zero-order valence-corrected chi connectivity index (χ0v) is 31.9. The number of unbranched alkanes of at least 4 members (excludes halogenated alkanes) is 10. The largest absolute Gasteiger partial charge is 0.462 e. The summed E-state index contributed by atoms with van der Waals surface area (Å²) in [4.78, 5) is 24.2. The van der Waals surface area contributed by atoms with Crippen LogP contribution in [0.1, 0.15) is 155 Å². The maximum atomic E-state index is 12.2. The molecule has 0 aliphatic heterocycles. The van der Waals surface area contributed by atoms with Crippen molar-refractivity contribution in [3.05, 3.63) is 97.2 Å². The number of carbonyl (C=O) groups is 2. The second-order valence-electron chi connectivity index (χ2n) is 12.6. The standard InChI is InChI=1S/C45H72O5/c1-3-5-7-9-11-13-15-17-19-21-22-24-26-28-30-32-34-36-38-40-45(48)50-43(41-46)42-49-44(47)39-37-35-33-31-29-27-25-23-20-18-16-14-12-10-8-6-4-2/h5,7,11,13,17-20,22,24-25,27-28,30-31,33,43,46H,3-4,6,8-10,12,14-16,21,23,26,29,32,34-42H2,1-2H3/t43-/m0/s1. The lowest BCUT2D eigenvalue weighted by molar-refractivity contribution is -0.161. The van der Waals surface area contributed by atoms with Gasteiger partial charge in [0.15, 0.2) is 6.10 Å². The van der Waals surface area contributed by atoms with Crippen LogP contribution < -0.4 is 0 Å². The molecule has 0 aromatic heterocycles. The predicted octanol–water partition coefficient (Wildman–Crippen LogP) is 12.5. The summed E-state index contributed by atoms with van der Waals surface area (Å²) in [5.41, 5.74) is 0. The molecule has 5 heteroatoms. The SMILES string of the molecule is CCC=CCC=CCC=CCC=CCC=CCCCCCC(=O)O[C@@H](CO)COC(=O)CCCC=CCC=CCC=CCCCCCCCC. The van der Waals surface area contributed by atoms with Crippen LogP contribution in [0.2, 0.25) is 0 Å². The predicted molar refractivity (Wildman–Crippen MR) is 214 cm³/mol. The lowest BCUT2D eigenvalue weighted by Crippen LogP contribution is -2.28. The number of aliphatic hydroxyl groups excluding tert-OH is 1. The number of allylic oxidation sites excluding steroid dienone is 16. The molecule has 0 unspecified atom stereocenters. The Hall–Kier alpha value is -3.18. The lowest BCUT2D eigenvalue weighted by atomic mass is 10.1. The van der Waals surface area contributed by atoms with Gasteiger partial charge in [0.2, 0.25) is 0 Å². The number of hydrogen-bond donors (Lipinski definition) is 1. The summed E-state index contributed by atoms with van der Waals surface area (Å²) >= 11 is 0. The summed E-state index contributed by atoms with van der Waals surface area (Å²) in [5, 5.41) is 9.55. The third-order valence-electron chi connectivity index (χ3n) is 7.86. The van der Waals surface area contributed by atoms with Gasteiger partial charge in [0.25, 0.3) is 0 Å². The summed E-state index contributed by atoms with van der Waals surface area (Å²) < 4.78 is 10.5. The quantitative estimate of drug-likeness (QED) is 0.0413. The normalized spacial score (nSPS) is 13.3. The average Bonchev–Trinajstić information content (AvgIpc) is 3.12. The van der Waals surface area contributed by atoms with Crippen LogP contribution in [0, 0.1) is 0 Å². The first kappa shape index (κ1) is 46.8. The monoisotopic (exact) mass is 693 g/mol. The van der Waals surface area contributed by atoms with Gasteiger partial charge in [-0.15, -0.1) is 0 Å². The Kier molecular flexibility index (Phi) is 37.7. The van der Waals surface area contributed by atoms with Gasteiger partial charge in [0.1, 0.15) is 6.61 Å². The minimum absolute atomic E-state index is 0.112. The molecule has 0 saturated heterocycles. The van der Waals surface area contributed by atoms with Crippen molar-refractivity contribution in [2.75, 3.05) is 13.2 Å². The molecule has 1 N–H and O–H groups in total. The molecule has 0 bridgehead atoms. The van der Waals surface area contributed by atoms with Gasteiger partial charge in [0, 0.05) is 12.8 Å². The van der Waals surface area contributed by atoms with Crippen LogP contribution in [-0.4, -0.2) is 36.4 Å². The first-order chi connectivity index (χ1) is 24.6. The van der Waals surface area contributed by atoms with Crippen molar-refractivity contribution < 1.29 is 24.2 Å². The van der Waals surface area contributed by atoms with E-state index in [-0.39, 0.29) is 25.2 Å². The average molecular weight is 693 g/mol. The van der Waals surface area contributed by atoms with Crippen LogP contribution in [-0.2, 0) is 19.1 Å². The number of carbonyl (C=O) groups excluding carboxylic acids is 2. The summed E-state index contributed by atoms with van der Waals surface area (Å²) in [6.07, 6.45) is 56.1. The number of aliphatic hydroxyl groups is 1. The van der Waals surface area contributed by atoms with Crippen molar-refractivity contribution in [2.24, 2.45) is 0 Å². The molecule has 0 aliphatic carbocycles. The van der Waals surface area contributed by atoms with Gasteiger partial charge >= 0.3 is 11.9 Å². The molecule has 1 atom stereocenters. The van der Waals surface area contributed by atoms with E-state index in [1.165, 1.54) is 44.9 Å². The Morgan fingerprint density at radius 2 is 0.880 bits per heavy atom. The minimum Gasteiger partial charge on any atom is -0.462 e. The van der Waals surface area contributed by atoms with Crippen LogP contribution >= 0.6 is 0 Å². The van der Waals surface area contributed by atoms with Crippen molar-refractivity contribution in [1.82, 2.24) is 0 Å². The molecule has 50 heavy (non-hydrogen) atoms. The molecule has 0 fully saturated rings. The first-order valence-electron chi connectivity index (χ1n) is 19.8. The van der Waals surface area contributed by atoms with Gasteiger partial charge in [0.05, 0.1) is 6.61 Å². The molecule has 0 aromatic rings. The first-order valence-corrected chi connectivity index (χ1v) is 19.8. The number of rotatable bonds is 34. The zero-order chi connectivity index (χ0) is 36.4. The van der Waals surface area contributed by atoms with E-state index in [0.717, 1.165) is 77.0 Å². The molecule has 0 saturated carbocycles. The molecule has 5 nitrogen and oxygen atoms in total. The van der Waals surface area contributed by atoms with Crippen molar-refractivity contribution in [1.29, 1.82) is 0 Å². The van der Waals surface area contributed by atoms with E-state index in [1.807, 2.05) is 0 Å². The smallest absolute Gasteiger partial charge is 0.306 e. The molecular weight excluding hydrogens is 620 g/mol. The van der Waals surface area contributed by atoms with E-state index >= 15 is 0 Å². The Bertz CT molecular complexity index is 1010. The van der Waals surface area contributed by atoms with Gasteiger partial charge in [-0.25, -0.2) is 0 Å². The molecule has 0 aliphatic rings. The van der Waals surface area contributed by atoms with Gasteiger partial charge in [-0.05, 0) is 89.9 Å². The van der Waals surface area contributed by atoms with E-state index in [2.05, 4.69) is 111 Å². The molecule has 282 valence electrons. The van der Waals surface area contributed by atoms with Crippen molar-refractivity contribution in [3.8, 4) is 0 Å². The van der Waals surface area contributed by atoms with Crippen molar-refractivity contribution in [2.45, 2.75) is 161 Å². The molecule has 0 rings (SSSR count). The Labute approximate surface area is 307 Å². The van der Waals surface area contributed by atoms with E-state index in [4.69, 9.17) is 9.47 Å². The summed E-state index contributed by atoms with van der Waals surface area (Å²) in [5.74, 6) is -0.700. The van der Waals surface area contributed by atoms with Gasteiger partial charge < -0.3 is 14.6 Å². The van der Waals surface area contributed by atoms with E-state index < -0.39 is 6.10 Å². The van der Waals surface area contributed by atoms with Crippen molar-refractivity contribution in [3.63, 3.8) is 0 Å². The van der Waals surface area contributed by atoms with Crippen LogP contribution in [0.25, 0.3) is 0 Å². The molecule has 0 aromatic carbocycles. The third kappa shape index (κ3) is 37.6. The molecular formula is C45H72O5. The maximum Gasteiger partial charge on any atom is 0.306 e. The Morgan fingerprint density at radius 3 is 1.36 bits per heavy atom. The minimum atomic E-state index is -0.815. The summed E-state index contributed by atoms with van der Waals surface area (Å²) in [6.45, 7) is 3.92. The number of hydrogen-bond acceptors (Lipinski definition) is 5. The summed E-state index contributed by atoms with van der Waals surface area (Å²) in [6, 6.07) is 0. The van der Waals surface area contributed by atoms with Crippen LogP contribution in [0.3, 0.4) is 0 Å². The summed E-state index contributed by atoms with van der Waals surface area (Å²) in [7, 11) is 0.